The topological polar surface area (TPSA) is 106 Å². The Morgan fingerprint density at radius 2 is 1.85 bits per heavy atom. The van der Waals surface area contributed by atoms with Crippen molar-refractivity contribution in [3.05, 3.63) is 64.7 Å². The van der Waals surface area contributed by atoms with Crippen molar-refractivity contribution in [1.82, 2.24) is 10.2 Å². The lowest BCUT2D eigenvalue weighted by Gasteiger charge is -2.34. The number of hydrogen-bond acceptors (Lipinski definition) is 6. The molecular formula is C31H32ClN3O6. The predicted molar refractivity (Wildman–Crippen MR) is 150 cm³/mol. The fourth-order valence-corrected chi connectivity index (χ4v) is 7.28. The zero-order valence-corrected chi connectivity index (χ0v) is 23.5. The van der Waals surface area contributed by atoms with Crippen LogP contribution in [0.25, 0.3) is 0 Å². The molecule has 3 fully saturated rings. The van der Waals surface area contributed by atoms with Gasteiger partial charge in [0.25, 0.3) is 0 Å². The maximum atomic E-state index is 14.3. The van der Waals surface area contributed by atoms with Gasteiger partial charge in [-0.05, 0) is 55.2 Å². The third-order valence-electron chi connectivity index (χ3n) is 9.11. The molecule has 7 rings (SSSR count). The number of anilines is 1. The highest BCUT2D eigenvalue weighted by atomic mass is 35.5. The molecule has 0 radical (unpaired) electrons. The number of nitrogens with one attached hydrogen (secondary N) is 2. The van der Waals surface area contributed by atoms with Crippen molar-refractivity contribution in [2.75, 3.05) is 12.1 Å². The van der Waals surface area contributed by atoms with Gasteiger partial charge in [0, 0.05) is 23.3 Å². The van der Waals surface area contributed by atoms with Gasteiger partial charge in [-0.25, -0.2) is 0 Å². The fourth-order valence-electron chi connectivity index (χ4n) is 7.10. The molecule has 1 aliphatic carbocycles. The van der Waals surface area contributed by atoms with E-state index in [0.29, 0.717) is 22.2 Å². The highest BCUT2D eigenvalue weighted by Crippen LogP contribution is 2.55. The zero-order chi connectivity index (χ0) is 28.3. The lowest BCUT2D eigenvalue weighted by Crippen LogP contribution is -2.56. The van der Waals surface area contributed by atoms with Crippen molar-refractivity contribution in [1.29, 1.82) is 0 Å². The number of carbonyl (C=O) groups is 3. The molecule has 5 atom stereocenters. The van der Waals surface area contributed by atoms with Crippen LogP contribution in [0.2, 0.25) is 5.02 Å². The molecule has 2 saturated heterocycles. The summed E-state index contributed by atoms with van der Waals surface area (Å²) in [5.41, 5.74) is 1.000. The van der Waals surface area contributed by atoms with Crippen molar-refractivity contribution < 1.29 is 28.6 Å². The van der Waals surface area contributed by atoms with E-state index >= 15 is 0 Å². The van der Waals surface area contributed by atoms with E-state index in [-0.39, 0.29) is 37.1 Å². The van der Waals surface area contributed by atoms with Gasteiger partial charge in [0.15, 0.2) is 11.5 Å². The second kappa shape index (κ2) is 10.1. The van der Waals surface area contributed by atoms with Crippen LogP contribution < -0.4 is 20.1 Å². The highest BCUT2D eigenvalue weighted by molar-refractivity contribution is 6.31. The molecule has 1 spiro atoms. The number of rotatable bonds is 6. The summed E-state index contributed by atoms with van der Waals surface area (Å²) >= 11 is 6.29. The average Bonchev–Trinajstić information content (AvgIpc) is 3.72. The Morgan fingerprint density at radius 3 is 2.66 bits per heavy atom. The van der Waals surface area contributed by atoms with Crippen LogP contribution in [0.5, 0.6) is 11.5 Å². The third-order valence-corrected chi connectivity index (χ3v) is 9.51. The van der Waals surface area contributed by atoms with E-state index in [1.54, 1.807) is 23.1 Å². The molecule has 5 aliphatic rings. The number of likely N-dealkylation sites (tertiary alicyclic amines) is 1. The molecule has 2 bridgehead atoms. The summed E-state index contributed by atoms with van der Waals surface area (Å²) in [6, 6.07) is 9.94. The number of aryl methyl sites for hydroxylation is 1. The Balaban J connectivity index is 1.21. The molecule has 3 unspecified atom stereocenters. The van der Waals surface area contributed by atoms with Gasteiger partial charge in [-0.15, -0.1) is 0 Å². The Bertz CT molecular complexity index is 1460. The number of carbonyl (C=O) groups excluding carboxylic acids is 3. The number of halogens is 1. The maximum absolute atomic E-state index is 14.3. The summed E-state index contributed by atoms with van der Waals surface area (Å²) in [5.74, 6) is -1.25. The monoisotopic (exact) mass is 577 g/mol. The summed E-state index contributed by atoms with van der Waals surface area (Å²) in [6.45, 7) is 2.19. The minimum atomic E-state index is -1.23. The van der Waals surface area contributed by atoms with Crippen molar-refractivity contribution >= 4 is 35.0 Å². The van der Waals surface area contributed by atoms with Crippen molar-refractivity contribution in [2.45, 2.75) is 69.4 Å². The summed E-state index contributed by atoms with van der Waals surface area (Å²) < 4.78 is 17.5. The molecule has 0 aromatic heterocycles. The van der Waals surface area contributed by atoms with Crippen LogP contribution in [-0.4, -0.2) is 53.2 Å². The van der Waals surface area contributed by atoms with E-state index in [1.165, 1.54) is 0 Å². The van der Waals surface area contributed by atoms with Gasteiger partial charge in [0.05, 0.1) is 17.9 Å². The standard InChI is InChI=1S/C31H32ClN3O6/c1-17-7-9-20(14-21(17)32)34-28(36)25-23-11-12-31(41-23)26(25)30(38)35(15-18-8-10-22-24(13-18)40-16-39-22)27(31)29(37)33-19-5-3-2-4-6-19/h7-14,19,23,25-27H,2-6,15-16H2,1H3,(H,33,37)(H,34,36)/t23-,25?,26-,27?,31?/m0/s1. The van der Waals surface area contributed by atoms with Crippen molar-refractivity contribution in [3.8, 4) is 11.5 Å². The average molecular weight is 578 g/mol. The molecule has 4 aliphatic heterocycles. The minimum absolute atomic E-state index is 0.0576. The number of benzene rings is 2. The Kier molecular flexibility index (Phi) is 6.47. The number of hydrogen-bond donors (Lipinski definition) is 2. The first kappa shape index (κ1) is 26.3. The van der Waals surface area contributed by atoms with E-state index in [9.17, 15) is 14.4 Å². The van der Waals surface area contributed by atoms with Crippen molar-refractivity contribution in [2.24, 2.45) is 11.8 Å². The largest absolute Gasteiger partial charge is 0.454 e. The molecule has 214 valence electrons. The molecule has 2 N–H and O–H groups in total. The molecular weight excluding hydrogens is 546 g/mol. The van der Waals surface area contributed by atoms with Gasteiger partial charge < -0.3 is 29.7 Å². The second-order valence-corrected chi connectivity index (χ2v) is 12.1. The first-order valence-corrected chi connectivity index (χ1v) is 14.7. The molecule has 2 aromatic carbocycles. The number of ether oxygens (including phenoxy) is 3. The second-order valence-electron chi connectivity index (χ2n) is 11.7. The SMILES string of the molecule is Cc1ccc(NC(=O)C2[C@@H]3C=CC4(O3)C(C(=O)NC3CCCCC3)N(Cc3ccc5c(c3)OCO5)C(=O)[C@H]24)cc1Cl. The lowest BCUT2D eigenvalue weighted by atomic mass is 9.74. The number of nitrogens with zero attached hydrogens (tertiary/aromatic N) is 1. The lowest BCUT2D eigenvalue weighted by molar-refractivity contribution is -0.142. The van der Waals surface area contributed by atoms with E-state index in [1.807, 2.05) is 37.3 Å². The van der Waals surface area contributed by atoms with Crippen LogP contribution in [0.4, 0.5) is 5.69 Å². The zero-order valence-electron chi connectivity index (χ0n) is 22.7. The van der Waals surface area contributed by atoms with Crippen LogP contribution in [0, 0.1) is 18.8 Å². The molecule has 1 saturated carbocycles. The first-order chi connectivity index (χ1) is 19.8. The molecule has 2 aromatic rings. The molecule has 3 amide bonds. The fraction of sp³-hybridized carbons (Fsp3) is 0.452. The number of fused-ring (bicyclic) bond motifs is 2. The maximum Gasteiger partial charge on any atom is 0.246 e. The van der Waals surface area contributed by atoms with E-state index < -0.39 is 29.6 Å². The van der Waals surface area contributed by atoms with Gasteiger partial charge in [0.1, 0.15) is 11.6 Å². The molecule has 10 heteroatoms. The van der Waals surface area contributed by atoms with Crippen molar-refractivity contribution in [3.63, 3.8) is 0 Å². The van der Waals surface area contributed by atoms with Gasteiger partial charge >= 0.3 is 0 Å². The van der Waals surface area contributed by atoms with E-state index in [2.05, 4.69) is 10.6 Å². The van der Waals surface area contributed by atoms with Gasteiger partial charge in [-0.3, -0.25) is 14.4 Å². The van der Waals surface area contributed by atoms with Crippen LogP contribution in [0.3, 0.4) is 0 Å². The summed E-state index contributed by atoms with van der Waals surface area (Å²) in [5, 5.41) is 6.68. The van der Waals surface area contributed by atoms with E-state index in [0.717, 1.165) is 43.2 Å². The van der Waals surface area contributed by atoms with Crippen LogP contribution >= 0.6 is 11.6 Å². The molecule has 4 heterocycles. The summed E-state index contributed by atoms with van der Waals surface area (Å²) in [4.78, 5) is 43.6. The predicted octanol–water partition coefficient (Wildman–Crippen LogP) is 4.12. The first-order valence-electron chi connectivity index (χ1n) is 14.3. The van der Waals surface area contributed by atoms with Crippen LogP contribution in [0.15, 0.2) is 48.6 Å². The third kappa shape index (κ3) is 4.37. The molecule has 41 heavy (non-hydrogen) atoms. The number of amides is 3. The quantitative estimate of drug-likeness (QED) is 0.501. The minimum Gasteiger partial charge on any atom is -0.454 e. The van der Waals surface area contributed by atoms with Gasteiger partial charge in [-0.2, -0.15) is 0 Å². The Hall–Kier alpha value is -3.56. The van der Waals surface area contributed by atoms with Crippen LogP contribution in [0.1, 0.15) is 43.2 Å². The Morgan fingerprint density at radius 1 is 1.05 bits per heavy atom. The Labute approximate surface area is 243 Å². The highest BCUT2D eigenvalue weighted by Gasteiger charge is 2.72. The van der Waals surface area contributed by atoms with Gasteiger partial charge in [0.2, 0.25) is 24.5 Å². The van der Waals surface area contributed by atoms with E-state index in [4.69, 9.17) is 25.8 Å². The molecule has 9 nitrogen and oxygen atoms in total. The summed E-state index contributed by atoms with van der Waals surface area (Å²) in [7, 11) is 0. The normalized spacial score (nSPS) is 29.6. The summed E-state index contributed by atoms with van der Waals surface area (Å²) in [6.07, 6.45) is 8.15. The smallest absolute Gasteiger partial charge is 0.246 e. The van der Waals surface area contributed by atoms with Crippen LogP contribution in [-0.2, 0) is 25.7 Å². The van der Waals surface area contributed by atoms with Gasteiger partial charge in [-0.1, -0.05) is 55.1 Å².